The van der Waals surface area contributed by atoms with E-state index in [4.69, 9.17) is 4.74 Å². The second-order valence-corrected chi connectivity index (χ2v) is 6.80. The number of amides is 2. The van der Waals surface area contributed by atoms with E-state index in [1.807, 2.05) is 19.1 Å². The third-order valence-corrected chi connectivity index (χ3v) is 4.90. The maximum Gasteiger partial charge on any atom is 0.326 e. The Bertz CT molecular complexity index is 716. The summed E-state index contributed by atoms with van der Waals surface area (Å²) in [5.74, 6) is -1.33. The number of carboxylic acids is 1. The fourth-order valence-electron chi connectivity index (χ4n) is 3.43. The van der Waals surface area contributed by atoms with Crippen LogP contribution < -0.4 is 9.64 Å². The van der Waals surface area contributed by atoms with Gasteiger partial charge in [-0.05, 0) is 38.8 Å². The summed E-state index contributed by atoms with van der Waals surface area (Å²) in [5.41, 5.74) is 0.652. The van der Waals surface area contributed by atoms with E-state index in [1.165, 1.54) is 11.8 Å². The van der Waals surface area contributed by atoms with Crippen LogP contribution in [0.2, 0.25) is 0 Å². The normalized spacial score (nSPS) is 20.8. The van der Waals surface area contributed by atoms with Gasteiger partial charge in [-0.2, -0.15) is 0 Å². The topological polar surface area (TPSA) is 87.2 Å². The van der Waals surface area contributed by atoms with Crippen molar-refractivity contribution >= 4 is 23.5 Å². The average molecular weight is 360 g/mol. The molecule has 1 aliphatic heterocycles. The molecule has 1 aliphatic carbocycles. The Morgan fingerprint density at radius 3 is 2.65 bits per heavy atom. The van der Waals surface area contributed by atoms with Crippen molar-refractivity contribution in [2.75, 3.05) is 18.1 Å². The van der Waals surface area contributed by atoms with Crippen LogP contribution in [0.15, 0.2) is 24.3 Å². The van der Waals surface area contributed by atoms with Crippen molar-refractivity contribution in [2.45, 2.75) is 45.2 Å². The van der Waals surface area contributed by atoms with Crippen LogP contribution in [0, 0.1) is 5.92 Å². The van der Waals surface area contributed by atoms with Gasteiger partial charge in [0, 0.05) is 19.0 Å². The number of nitrogens with zero attached hydrogens (tertiary/aromatic N) is 2. The van der Waals surface area contributed by atoms with Gasteiger partial charge in [0.2, 0.25) is 11.8 Å². The molecule has 2 fully saturated rings. The summed E-state index contributed by atoms with van der Waals surface area (Å²) in [4.78, 5) is 39.9. The molecule has 0 bridgehead atoms. The van der Waals surface area contributed by atoms with E-state index in [-0.39, 0.29) is 30.8 Å². The summed E-state index contributed by atoms with van der Waals surface area (Å²) >= 11 is 0. The lowest BCUT2D eigenvalue weighted by Gasteiger charge is -2.29. The summed E-state index contributed by atoms with van der Waals surface area (Å²) in [6.45, 7) is 4.12. The molecule has 1 heterocycles. The van der Waals surface area contributed by atoms with Crippen LogP contribution in [0.25, 0.3) is 0 Å². The highest BCUT2D eigenvalue weighted by Gasteiger charge is 2.44. The fraction of sp³-hybridized carbons (Fsp3) is 0.526. The first-order valence-electron chi connectivity index (χ1n) is 9.01. The molecule has 7 heteroatoms. The summed E-state index contributed by atoms with van der Waals surface area (Å²) in [6.07, 6.45) is 1.73. The van der Waals surface area contributed by atoms with Gasteiger partial charge in [-0.15, -0.1) is 0 Å². The van der Waals surface area contributed by atoms with Gasteiger partial charge in [0.25, 0.3) is 0 Å². The molecule has 3 rings (SSSR count). The number of hydrogen-bond acceptors (Lipinski definition) is 4. The first-order chi connectivity index (χ1) is 12.4. The summed E-state index contributed by atoms with van der Waals surface area (Å²) in [5, 5.41) is 9.31. The fourth-order valence-corrected chi connectivity index (χ4v) is 3.43. The standard InChI is InChI=1S/C19H24N2O5/c1-3-26-16-7-5-4-6-15(16)20-11-13(10-17(20)22)18(23)21(14-8-9-14)12(2)19(24)25/h4-7,12-14H,3,8-11H2,1-2H3,(H,24,25). The largest absolute Gasteiger partial charge is 0.492 e. The van der Waals surface area contributed by atoms with Crippen molar-refractivity contribution in [3.05, 3.63) is 24.3 Å². The molecule has 1 N–H and O–H groups in total. The van der Waals surface area contributed by atoms with E-state index in [0.717, 1.165) is 12.8 Å². The molecule has 1 saturated carbocycles. The summed E-state index contributed by atoms with van der Waals surface area (Å²) < 4.78 is 5.59. The number of hydrogen-bond donors (Lipinski definition) is 1. The maximum absolute atomic E-state index is 13.0. The Balaban J connectivity index is 1.79. The van der Waals surface area contributed by atoms with Crippen LogP contribution in [-0.2, 0) is 14.4 Å². The zero-order chi connectivity index (χ0) is 18.8. The number of carbonyl (C=O) groups excluding carboxylic acids is 2. The lowest BCUT2D eigenvalue weighted by atomic mass is 10.1. The van der Waals surface area contributed by atoms with E-state index in [1.54, 1.807) is 17.0 Å². The molecule has 140 valence electrons. The highest BCUT2D eigenvalue weighted by Crippen LogP contribution is 2.36. The molecule has 7 nitrogen and oxygen atoms in total. The van der Waals surface area contributed by atoms with Gasteiger partial charge in [-0.3, -0.25) is 9.59 Å². The van der Waals surface area contributed by atoms with E-state index in [9.17, 15) is 19.5 Å². The monoisotopic (exact) mass is 360 g/mol. The molecule has 2 unspecified atom stereocenters. The van der Waals surface area contributed by atoms with E-state index in [2.05, 4.69) is 0 Å². The smallest absolute Gasteiger partial charge is 0.326 e. The molecule has 0 radical (unpaired) electrons. The average Bonchev–Trinajstić information content (AvgIpc) is 3.37. The highest BCUT2D eigenvalue weighted by atomic mass is 16.5. The molecule has 0 spiro atoms. The highest BCUT2D eigenvalue weighted by molar-refractivity contribution is 6.01. The van der Waals surface area contributed by atoms with Gasteiger partial charge in [0.15, 0.2) is 0 Å². The second kappa shape index (κ2) is 7.35. The number of carboxylic acid groups (broad SMARTS) is 1. The zero-order valence-electron chi connectivity index (χ0n) is 15.1. The predicted molar refractivity (Wildman–Crippen MR) is 95.0 cm³/mol. The van der Waals surface area contributed by atoms with E-state index >= 15 is 0 Å². The lowest BCUT2D eigenvalue weighted by Crippen LogP contribution is -2.47. The van der Waals surface area contributed by atoms with E-state index in [0.29, 0.717) is 18.0 Å². The Hall–Kier alpha value is -2.57. The summed E-state index contributed by atoms with van der Waals surface area (Å²) in [6, 6.07) is 6.35. The number of para-hydroxylation sites is 2. The zero-order valence-corrected chi connectivity index (χ0v) is 15.1. The third-order valence-electron chi connectivity index (χ3n) is 4.90. The molecular formula is C19H24N2O5. The van der Waals surface area contributed by atoms with Crippen LogP contribution in [0.5, 0.6) is 5.75 Å². The lowest BCUT2D eigenvalue weighted by molar-refractivity contribution is -0.151. The minimum Gasteiger partial charge on any atom is -0.492 e. The van der Waals surface area contributed by atoms with Crippen LogP contribution >= 0.6 is 0 Å². The van der Waals surface area contributed by atoms with Crippen molar-refractivity contribution in [1.82, 2.24) is 4.90 Å². The first kappa shape index (κ1) is 18.2. The molecule has 1 saturated heterocycles. The number of benzene rings is 1. The predicted octanol–water partition coefficient (Wildman–Crippen LogP) is 1.90. The molecule has 0 aromatic heterocycles. The Labute approximate surface area is 152 Å². The minimum absolute atomic E-state index is 0.0199. The minimum atomic E-state index is -1.02. The van der Waals surface area contributed by atoms with Crippen molar-refractivity contribution in [1.29, 1.82) is 0 Å². The Morgan fingerprint density at radius 2 is 2.04 bits per heavy atom. The van der Waals surface area contributed by atoms with Crippen molar-refractivity contribution in [3.63, 3.8) is 0 Å². The van der Waals surface area contributed by atoms with Crippen LogP contribution in [-0.4, -0.2) is 53.0 Å². The SMILES string of the molecule is CCOc1ccccc1N1CC(C(=O)N(C2CC2)C(C)C(=O)O)CC1=O. The van der Waals surface area contributed by atoms with Gasteiger partial charge in [0.05, 0.1) is 18.2 Å². The molecule has 2 aliphatic rings. The van der Waals surface area contributed by atoms with Crippen molar-refractivity contribution < 1.29 is 24.2 Å². The Morgan fingerprint density at radius 1 is 1.35 bits per heavy atom. The molecule has 1 aromatic rings. The van der Waals surface area contributed by atoms with Gasteiger partial charge in [0.1, 0.15) is 11.8 Å². The molecular weight excluding hydrogens is 336 g/mol. The quantitative estimate of drug-likeness (QED) is 0.802. The second-order valence-electron chi connectivity index (χ2n) is 6.80. The van der Waals surface area contributed by atoms with Crippen molar-refractivity contribution in [2.24, 2.45) is 5.92 Å². The van der Waals surface area contributed by atoms with Gasteiger partial charge in [-0.25, -0.2) is 4.79 Å². The number of rotatable bonds is 7. The van der Waals surface area contributed by atoms with Crippen LogP contribution in [0.3, 0.4) is 0 Å². The number of carbonyl (C=O) groups is 3. The number of aliphatic carboxylic acids is 1. The third kappa shape index (κ3) is 3.52. The molecule has 1 aromatic carbocycles. The molecule has 26 heavy (non-hydrogen) atoms. The van der Waals surface area contributed by atoms with Crippen LogP contribution in [0.1, 0.15) is 33.1 Å². The number of anilines is 1. The Kier molecular flexibility index (Phi) is 5.15. The number of ether oxygens (including phenoxy) is 1. The first-order valence-corrected chi connectivity index (χ1v) is 9.01. The van der Waals surface area contributed by atoms with Crippen LogP contribution in [0.4, 0.5) is 5.69 Å². The van der Waals surface area contributed by atoms with Gasteiger partial charge >= 0.3 is 5.97 Å². The molecule has 2 amide bonds. The molecule has 2 atom stereocenters. The maximum atomic E-state index is 13.0. The van der Waals surface area contributed by atoms with Gasteiger partial charge in [-0.1, -0.05) is 12.1 Å². The summed E-state index contributed by atoms with van der Waals surface area (Å²) in [7, 11) is 0. The van der Waals surface area contributed by atoms with Gasteiger partial charge < -0.3 is 19.6 Å². The van der Waals surface area contributed by atoms with Crippen molar-refractivity contribution in [3.8, 4) is 5.75 Å². The van der Waals surface area contributed by atoms with E-state index < -0.39 is 17.9 Å².